The third-order valence-electron chi connectivity index (χ3n) is 2.55. The fourth-order valence-electron chi connectivity index (χ4n) is 1.62. The molecule has 84 valence electrons. The Morgan fingerprint density at radius 2 is 1.64 bits per heavy atom. The molecule has 0 bridgehead atoms. The van der Waals surface area contributed by atoms with E-state index in [4.69, 9.17) is 5.73 Å². The minimum Gasteiger partial charge on any atom is -0.330 e. The van der Waals surface area contributed by atoms with Crippen molar-refractivity contribution >= 4 is 0 Å². The van der Waals surface area contributed by atoms with Crippen LogP contribution in [-0.4, -0.2) is 6.54 Å². The molecule has 0 aliphatic carbocycles. The van der Waals surface area contributed by atoms with Gasteiger partial charge in [-0.1, -0.05) is 44.8 Å². The van der Waals surface area contributed by atoms with Crippen molar-refractivity contribution in [2.24, 2.45) is 5.73 Å². The number of rotatable bonds is 9. The number of hydrogen-bond donors (Lipinski definition) is 1. The Bertz CT molecular complexity index is 138. The first-order valence-electron chi connectivity index (χ1n) is 6.23. The Balaban J connectivity index is 3.72. The highest BCUT2D eigenvalue weighted by molar-refractivity contribution is 5.01. The Labute approximate surface area is 89.8 Å². The molecule has 0 unspecified atom stereocenters. The number of allylic oxidation sites excluding steroid dienone is 1. The zero-order valence-electron chi connectivity index (χ0n) is 10.0. The summed E-state index contributed by atoms with van der Waals surface area (Å²) in [5.41, 5.74) is 7.16. The summed E-state index contributed by atoms with van der Waals surface area (Å²) in [5.74, 6) is 0. The van der Waals surface area contributed by atoms with Crippen LogP contribution in [0.4, 0.5) is 0 Å². The maximum absolute atomic E-state index is 5.52. The summed E-state index contributed by atoms with van der Waals surface area (Å²) in [5, 5.41) is 0. The van der Waals surface area contributed by atoms with E-state index < -0.39 is 0 Å². The van der Waals surface area contributed by atoms with Crippen LogP contribution in [0.25, 0.3) is 0 Å². The molecule has 0 aromatic carbocycles. The molecular formula is C13H27N. The molecule has 0 rings (SSSR count). The summed E-state index contributed by atoms with van der Waals surface area (Å²) < 4.78 is 0. The molecule has 0 aromatic rings. The quantitative estimate of drug-likeness (QED) is 0.438. The van der Waals surface area contributed by atoms with Gasteiger partial charge in [-0.05, 0) is 38.6 Å². The van der Waals surface area contributed by atoms with Gasteiger partial charge in [-0.2, -0.15) is 0 Å². The lowest BCUT2D eigenvalue weighted by Crippen LogP contribution is -1.97. The van der Waals surface area contributed by atoms with Crippen molar-refractivity contribution in [1.82, 2.24) is 0 Å². The molecule has 0 saturated carbocycles. The summed E-state index contributed by atoms with van der Waals surface area (Å²) in [6.07, 6.45) is 12.7. The fourth-order valence-corrected chi connectivity index (χ4v) is 1.62. The first-order chi connectivity index (χ1) is 6.85. The third-order valence-corrected chi connectivity index (χ3v) is 2.55. The van der Waals surface area contributed by atoms with Gasteiger partial charge in [0.25, 0.3) is 0 Å². The third kappa shape index (κ3) is 8.31. The van der Waals surface area contributed by atoms with Gasteiger partial charge in [0.2, 0.25) is 0 Å². The zero-order valence-corrected chi connectivity index (χ0v) is 10.0. The first-order valence-corrected chi connectivity index (χ1v) is 6.23. The molecule has 0 amide bonds. The van der Waals surface area contributed by atoms with Crippen LogP contribution in [0.15, 0.2) is 11.6 Å². The predicted molar refractivity (Wildman–Crippen MR) is 65.4 cm³/mol. The van der Waals surface area contributed by atoms with E-state index in [1.165, 1.54) is 44.9 Å². The van der Waals surface area contributed by atoms with E-state index in [2.05, 4.69) is 19.9 Å². The number of unbranched alkanes of at least 4 members (excludes halogenated alkanes) is 3. The van der Waals surface area contributed by atoms with Crippen LogP contribution in [0.3, 0.4) is 0 Å². The van der Waals surface area contributed by atoms with Crippen molar-refractivity contribution in [3.05, 3.63) is 11.6 Å². The Morgan fingerprint density at radius 1 is 1.00 bits per heavy atom. The molecule has 0 fully saturated rings. The monoisotopic (exact) mass is 197 g/mol. The predicted octanol–water partition coefficient (Wildman–Crippen LogP) is 4.03. The largest absolute Gasteiger partial charge is 0.330 e. The van der Waals surface area contributed by atoms with E-state index in [0.29, 0.717) is 0 Å². The van der Waals surface area contributed by atoms with Crippen LogP contribution in [0.1, 0.15) is 65.2 Å². The SMILES string of the molecule is CCCCC/C(=C\CCN)CCCC. The summed E-state index contributed by atoms with van der Waals surface area (Å²) in [6, 6.07) is 0. The maximum Gasteiger partial charge on any atom is -0.00425 e. The fraction of sp³-hybridized carbons (Fsp3) is 0.846. The second-order valence-electron chi connectivity index (χ2n) is 4.00. The van der Waals surface area contributed by atoms with Gasteiger partial charge < -0.3 is 5.73 Å². The van der Waals surface area contributed by atoms with E-state index in [9.17, 15) is 0 Å². The summed E-state index contributed by atoms with van der Waals surface area (Å²) in [4.78, 5) is 0. The highest BCUT2D eigenvalue weighted by Crippen LogP contribution is 2.16. The normalized spacial score (nSPS) is 12.1. The molecule has 0 spiro atoms. The molecule has 2 N–H and O–H groups in total. The molecular weight excluding hydrogens is 170 g/mol. The van der Waals surface area contributed by atoms with Gasteiger partial charge in [0.1, 0.15) is 0 Å². The minimum absolute atomic E-state index is 0.795. The smallest absolute Gasteiger partial charge is 0.00425 e. The molecule has 1 nitrogen and oxygen atoms in total. The molecule has 0 saturated heterocycles. The Hall–Kier alpha value is -0.300. The molecule has 0 aromatic heterocycles. The average molecular weight is 197 g/mol. The van der Waals surface area contributed by atoms with Crippen molar-refractivity contribution in [1.29, 1.82) is 0 Å². The van der Waals surface area contributed by atoms with E-state index in [1.54, 1.807) is 5.57 Å². The molecule has 0 aliphatic heterocycles. The van der Waals surface area contributed by atoms with E-state index in [0.717, 1.165) is 13.0 Å². The van der Waals surface area contributed by atoms with Crippen LogP contribution >= 0.6 is 0 Å². The molecule has 14 heavy (non-hydrogen) atoms. The lowest BCUT2D eigenvalue weighted by atomic mass is 10.0. The Kier molecular flexibility index (Phi) is 10.5. The Morgan fingerprint density at radius 3 is 2.21 bits per heavy atom. The van der Waals surface area contributed by atoms with Gasteiger partial charge in [-0.15, -0.1) is 0 Å². The van der Waals surface area contributed by atoms with Crippen LogP contribution in [-0.2, 0) is 0 Å². The van der Waals surface area contributed by atoms with E-state index in [-0.39, 0.29) is 0 Å². The average Bonchev–Trinajstić information content (AvgIpc) is 2.21. The van der Waals surface area contributed by atoms with Crippen LogP contribution in [0, 0.1) is 0 Å². The van der Waals surface area contributed by atoms with Gasteiger partial charge >= 0.3 is 0 Å². The van der Waals surface area contributed by atoms with Crippen molar-refractivity contribution < 1.29 is 0 Å². The maximum atomic E-state index is 5.52. The lowest BCUT2D eigenvalue weighted by Gasteiger charge is -2.06. The van der Waals surface area contributed by atoms with E-state index >= 15 is 0 Å². The van der Waals surface area contributed by atoms with Gasteiger partial charge in [0, 0.05) is 0 Å². The summed E-state index contributed by atoms with van der Waals surface area (Å²) in [6.45, 7) is 5.31. The second-order valence-corrected chi connectivity index (χ2v) is 4.00. The number of hydrogen-bond acceptors (Lipinski definition) is 1. The van der Waals surface area contributed by atoms with Crippen LogP contribution < -0.4 is 5.73 Å². The second kappa shape index (κ2) is 10.8. The molecule has 1 heteroatoms. The summed E-state index contributed by atoms with van der Waals surface area (Å²) in [7, 11) is 0. The minimum atomic E-state index is 0.795. The van der Waals surface area contributed by atoms with Crippen molar-refractivity contribution in [2.75, 3.05) is 6.54 Å². The zero-order chi connectivity index (χ0) is 10.6. The van der Waals surface area contributed by atoms with Gasteiger partial charge in [0.05, 0.1) is 0 Å². The molecule has 0 aliphatic rings. The van der Waals surface area contributed by atoms with E-state index in [1.807, 2.05) is 0 Å². The summed E-state index contributed by atoms with van der Waals surface area (Å²) >= 11 is 0. The van der Waals surface area contributed by atoms with Crippen molar-refractivity contribution in [3.63, 3.8) is 0 Å². The first kappa shape index (κ1) is 13.7. The lowest BCUT2D eigenvalue weighted by molar-refractivity contribution is 0.674. The highest BCUT2D eigenvalue weighted by Gasteiger charge is 1.96. The van der Waals surface area contributed by atoms with Crippen molar-refractivity contribution in [3.8, 4) is 0 Å². The number of nitrogens with two attached hydrogens (primary N) is 1. The highest BCUT2D eigenvalue weighted by atomic mass is 14.5. The van der Waals surface area contributed by atoms with Crippen LogP contribution in [0.5, 0.6) is 0 Å². The standard InChI is InChI=1S/C13H27N/c1-3-5-7-10-13(9-6-4-2)11-8-12-14/h11H,3-10,12,14H2,1-2H3/b13-11-. The molecule has 0 heterocycles. The van der Waals surface area contributed by atoms with Gasteiger partial charge in [-0.25, -0.2) is 0 Å². The van der Waals surface area contributed by atoms with Crippen LogP contribution in [0.2, 0.25) is 0 Å². The van der Waals surface area contributed by atoms with Crippen molar-refractivity contribution in [2.45, 2.75) is 65.2 Å². The van der Waals surface area contributed by atoms with Gasteiger partial charge in [0.15, 0.2) is 0 Å². The van der Waals surface area contributed by atoms with Gasteiger partial charge in [-0.3, -0.25) is 0 Å². The topological polar surface area (TPSA) is 26.0 Å². The molecule has 0 radical (unpaired) electrons. The molecule has 0 atom stereocenters.